The van der Waals surface area contributed by atoms with Crippen molar-refractivity contribution in [2.75, 3.05) is 6.61 Å². The van der Waals surface area contributed by atoms with Crippen molar-refractivity contribution in [1.82, 2.24) is 19.5 Å². The highest BCUT2D eigenvalue weighted by atomic mass is 16.6. The minimum Gasteiger partial charge on any atom is -0.371 e. The van der Waals surface area contributed by atoms with E-state index in [0.29, 0.717) is 24.3 Å². The number of H-pyrrole nitrogens is 2. The number of imidazole rings is 1. The van der Waals surface area contributed by atoms with E-state index in [1.165, 1.54) is 6.33 Å². The molecule has 78 valence electrons. The van der Waals surface area contributed by atoms with E-state index in [4.69, 9.17) is 4.74 Å². The van der Waals surface area contributed by atoms with E-state index in [9.17, 15) is 9.59 Å². The summed E-state index contributed by atoms with van der Waals surface area (Å²) in [5.74, 6) is 0. The molecule has 7 heteroatoms. The number of hydrogen-bond acceptors (Lipinski definition) is 4. The molecule has 2 aromatic heterocycles. The van der Waals surface area contributed by atoms with Gasteiger partial charge in [0.25, 0.3) is 5.56 Å². The summed E-state index contributed by atoms with van der Waals surface area (Å²) in [7, 11) is 0. The van der Waals surface area contributed by atoms with Gasteiger partial charge in [0, 0.05) is 0 Å². The second-order valence-corrected chi connectivity index (χ2v) is 3.46. The van der Waals surface area contributed by atoms with E-state index in [0.717, 1.165) is 0 Å². The van der Waals surface area contributed by atoms with Gasteiger partial charge in [-0.3, -0.25) is 14.8 Å². The van der Waals surface area contributed by atoms with Crippen LogP contribution in [0, 0.1) is 0 Å². The number of ether oxygens (including phenoxy) is 1. The Morgan fingerprint density at radius 1 is 1.53 bits per heavy atom. The maximum absolute atomic E-state index is 11.5. The number of epoxide rings is 1. The number of aromatic nitrogens is 4. The van der Waals surface area contributed by atoms with Crippen molar-refractivity contribution in [2.45, 2.75) is 12.6 Å². The van der Waals surface area contributed by atoms with Gasteiger partial charge in [-0.05, 0) is 0 Å². The first-order chi connectivity index (χ1) is 7.24. The SMILES string of the molecule is O=c1[nH]c(=O)c2c(ncn2CC2CO2)[nH]1. The second kappa shape index (κ2) is 2.80. The first-order valence-electron chi connectivity index (χ1n) is 4.53. The van der Waals surface area contributed by atoms with Gasteiger partial charge in [0.05, 0.1) is 25.6 Å². The van der Waals surface area contributed by atoms with Crippen molar-refractivity contribution in [3.05, 3.63) is 27.2 Å². The van der Waals surface area contributed by atoms with Crippen LogP contribution in [0.25, 0.3) is 11.2 Å². The van der Waals surface area contributed by atoms with Crippen LogP contribution >= 0.6 is 0 Å². The fraction of sp³-hybridized carbons (Fsp3) is 0.375. The smallest absolute Gasteiger partial charge is 0.327 e. The number of hydrogen-bond donors (Lipinski definition) is 2. The van der Waals surface area contributed by atoms with E-state index in [-0.39, 0.29) is 6.10 Å². The molecule has 1 atom stereocenters. The van der Waals surface area contributed by atoms with Crippen molar-refractivity contribution >= 4 is 11.2 Å². The van der Waals surface area contributed by atoms with Gasteiger partial charge in [0.1, 0.15) is 0 Å². The fourth-order valence-corrected chi connectivity index (χ4v) is 1.54. The molecule has 2 aromatic rings. The monoisotopic (exact) mass is 208 g/mol. The molecule has 0 bridgehead atoms. The second-order valence-electron chi connectivity index (χ2n) is 3.46. The summed E-state index contributed by atoms with van der Waals surface area (Å²) < 4.78 is 6.74. The standard InChI is InChI=1S/C8H8N4O3/c13-7-5-6(10-8(14)11-7)9-3-12(5)1-4-2-15-4/h3-4H,1-2H2,(H2,10,11,13,14). The summed E-state index contributed by atoms with van der Waals surface area (Å²) in [6.07, 6.45) is 1.69. The van der Waals surface area contributed by atoms with Crippen LogP contribution in [0.5, 0.6) is 0 Å². The molecule has 1 aliphatic rings. The molecule has 0 amide bonds. The van der Waals surface area contributed by atoms with Crippen LogP contribution in [0.4, 0.5) is 0 Å². The van der Waals surface area contributed by atoms with Gasteiger partial charge in [0.15, 0.2) is 11.2 Å². The predicted octanol–water partition coefficient (Wildman–Crippen LogP) is -1.19. The Hall–Kier alpha value is -1.89. The molecule has 0 radical (unpaired) electrons. The van der Waals surface area contributed by atoms with Gasteiger partial charge in [-0.2, -0.15) is 0 Å². The molecule has 1 fully saturated rings. The quantitative estimate of drug-likeness (QED) is 0.606. The van der Waals surface area contributed by atoms with Crippen molar-refractivity contribution in [3.8, 4) is 0 Å². The third-order valence-electron chi connectivity index (χ3n) is 2.31. The van der Waals surface area contributed by atoms with Crippen LogP contribution in [-0.2, 0) is 11.3 Å². The minimum atomic E-state index is -0.541. The third kappa shape index (κ3) is 1.37. The number of aromatic amines is 2. The Balaban J connectivity index is 2.23. The summed E-state index contributed by atoms with van der Waals surface area (Å²) in [5, 5.41) is 0. The topological polar surface area (TPSA) is 96.1 Å². The Morgan fingerprint density at radius 2 is 2.33 bits per heavy atom. The molecule has 0 aromatic carbocycles. The lowest BCUT2D eigenvalue weighted by molar-refractivity contribution is 0.385. The van der Waals surface area contributed by atoms with E-state index < -0.39 is 11.2 Å². The van der Waals surface area contributed by atoms with Gasteiger partial charge in [-0.25, -0.2) is 9.78 Å². The lowest BCUT2D eigenvalue weighted by Crippen LogP contribution is -2.23. The highest BCUT2D eigenvalue weighted by Gasteiger charge is 2.24. The van der Waals surface area contributed by atoms with Crippen molar-refractivity contribution in [3.63, 3.8) is 0 Å². The maximum Gasteiger partial charge on any atom is 0.327 e. The summed E-state index contributed by atoms with van der Waals surface area (Å²) in [6, 6.07) is 0. The first kappa shape index (κ1) is 8.42. The number of rotatable bonds is 2. The van der Waals surface area contributed by atoms with Gasteiger partial charge >= 0.3 is 5.69 Å². The average Bonchev–Trinajstić information content (AvgIpc) is 2.87. The Kier molecular flexibility index (Phi) is 1.57. The molecule has 7 nitrogen and oxygen atoms in total. The van der Waals surface area contributed by atoms with Crippen LogP contribution in [0.3, 0.4) is 0 Å². The first-order valence-corrected chi connectivity index (χ1v) is 4.53. The third-order valence-corrected chi connectivity index (χ3v) is 2.31. The number of fused-ring (bicyclic) bond motifs is 1. The van der Waals surface area contributed by atoms with Gasteiger partial charge in [-0.15, -0.1) is 0 Å². The summed E-state index contributed by atoms with van der Waals surface area (Å²) >= 11 is 0. The highest BCUT2D eigenvalue weighted by molar-refractivity contribution is 5.68. The van der Waals surface area contributed by atoms with Crippen LogP contribution in [0.1, 0.15) is 0 Å². The molecular formula is C8H8N4O3. The van der Waals surface area contributed by atoms with Gasteiger partial charge in [0.2, 0.25) is 0 Å². The van der Waals surface area contributed by atoms with E-state index in [2.05, 4.69) is 15.0 Å². The minimum absolute atomic E-state index is 0.161. The fourth-order valence-electron chi connectivity index (χ4n) is 1.54. The molecule has 3 heterocycles. The van der Waals surface area contributed by atoms with E-state index in [1.54, 1.807) is 4.57 Å². The Morgan fingerprint density at radius 3 is 3.07 bits per heavy atom. The van der Waals surface area contributed by atoms with Gasteiger partial charge < -0.3 is 9.30 Å². The lowest BCUT2D eigenvalue weighted by Gasteiger charge is -1.98. The predicted molar refractivity (Wildman–Crippen MR) is 50.7 cm³/mol. The van der Waals surface area contributed by atoms with E-state index >= 15 is 0 Å². The van der Waals surface area contributed by atoms with Crippen LogP contribution < -0.4 is 11.2 Å². The Labute approximate surface area is 82.7 Å². The molecule has 2 N–H and O–H groups in total. The van der Waals surface area contributed by atoms with Gasteiger partial charge in [-0.1, -0.05) is 0 Å². The molecule has 0 aliphatic carbocycles. The molecule has 1 unspecified atom stereocenters. The van der Waals surface area contributed by atoms with Crippen LogP contribution in [-0.4, -0.2) is 32.2 Å². The molecule has 0 saturated carbocycles. The van der Waals surface area contributed by atoms with Crippen molar-refractivity contribution in [1.29, 1.82) is 0 Å². The molecular weight excluding hydrogens is 200 g/mol. The summed E-state index contributed by atoms with van der Waals surface area (Å²) in [6.45, 7) is 1.30. The van der Waals surface area contributed by atoms with Crippen molar-refractivity contribution in [2.24, 2.45) is 0 Å². The number of nitrogens with zero attached hydrogens (tertiary/aromatic N) is 2. The molecule has 15 heavy (non-hydrogen) atoms. The molecule has 1 saturated heterocycles. The summed E-state index contributed by atoms with van der Waals surface area (Å²) in [4.78, 5) is 31.0. The largest absolute Gasteiger partial charge is 0.371 e. The molecule has 3 rings (SSSR count). The van der Waals surface area contributed by atoms with Crippen molar-refractivity contribution < 1.29 is 4.74 Å². The highest BCUT2D eigenvalue weighted by Crippen LogP contribution is 2.13. The summed E-state index contributed by atoms with van der Waals surface area (Å²) in [5.41, 5.74) is -0.276. The number of nitrogens with one attached hydrogen (secondary N) is 2. The Bertz CT molecular complexity index is 619. The normalized spacial score (nSPS) is 19.6. The van der Waals surface area contributed by atoms with Crippen LogP contribution in [0.15, 0.2) is 15.9 Å². The molecule has 1 aliphatic heterocycles. The maximum atomic E-state index is 11.5. The lowest BCUT2D eigenvalue weighted by atomic mass is 10.4. The zero-order valence-electron chi connectivity index (χ0n) is 7.69. The van der Waals surface area contributed by atoms with E-state index in [1.807, 2.05) is 0 Å². The zero-order valence-corrected chi connectivity index (χ0v) is 7.69. The van der Waals surface area contributed by atoms with Crippen LogP contribution in [0.2, 0.25) is 0 Å². The average molecular weight is 208 g/mol. The zero-order chi connectivity index (χ0) is 10.4. The molecule has 0 spiro atoms.